The zero-order valence-corrected chi connectivity index (χ0v) is 10.3. The van der Waals surface area contributed by atoms with Crippen molar-refractivity contribution in [1.82, 2.24) is 5.32 Å². The van der Waals surface area contributed by atoms with Gasteiger partial charge < -0.3 is 15.5 Å². The largest absolute Gasteiger partial charge is 0.480 e. The predicted molar refractivity (Wildman–Crippen MR) is 66.5 cm³/mol. The number of aliphatic hydroxyl groups excluding tert-OH is 1. The number of hydrogen-bond donors (Lipinski definition) is 3. The number of carboxylic acids is 1. The molecule has 1 atom stereocenters. The minimum absolute atomic E-state index is 0.0459. The van der Waals surface area contributed by atoms with Gasteiger partial charge in [0.1, 0.15) is 5.82 Å². The summed E-state index contributed by atoms with van der Waals surface area (Å²) in [6.45, 7) is 1.04. The summed E-state index contributed by atoms with van der Waals surface area (Å²) in [4.78, 5) is 23.6. The highest BCUT2D eigenvalue weighted by Gasteiger charge is 2.23. The van der Waals surface area contributed by atoms with E-state index in [2.05, 4.69) is 5.32 Å². The van der Waals surface area contributed by atoms with Gasteiger partial charge in [0, 0.05) is 6.54 Å². The highest BCUT2D eigenvalue weighted by atomic mass is 19.1. The Morgan fingerprint density at radius 1 is 1.42 bits per heavy atom. The average molecular weight is 270 g/mol. The molecule has 3 N–H and O–H groups in total. The van der Waals surface area contributed by atoms with E-state index < -0.39 is 30.5 Å². The van der Waals surface area contributed by atoms with Crippen LogP contribution >= 0.6 is 0 Å². The lowest BCUT2D eigenvalue weighted by atomic mass is 10.2. The second kappa shape index (κ2) is 6.69. The van der Waals surface area contributed by atoms with Crippen LogP contribution in [0.15, 0.2) is 24.3 Å². The molecule has 0 spiro atoms. The lowest BCUT2D eigenvalue weighted by molar-refractivity contribution is -0.140. The minimum atomic E-state index is -1.42. The number of nitrogens with zero attached hydrogens (tertiary/aromatic N) is 1. The summed E-state index contributed by atoms with van der Waals surface area (Å²) in [6.07, 6.45) is 0. The molecule has 0 aliphatic rings. The fourth-order valence-electron chi connectivity index (χ4n) is 1.51. The van der Waals surface area contributed by atoms with E-state index in [-0.39, 0.29) is 12.2 Å². The quantitative estimate of drug-likeness (QED) is 0.738. The van der Waals surface area contributed by atoms with E-state index in [4.69, 9.17) is 10.2 Å². The fourth-order valence-corrected chi connectivity index (χ4v) is 1.51. The molecule has 0 bridgehead atoms. The topological polar surface area (TPSA) is 89.9 Å². The second-order valence-corrected chi connectivity index (χ2v) is 3.72. The van der Waals surface area contributed by atoms with Crippen molar-refractivity contribution in [1.29, 1.82) is 0 Å². The number of halogens is 1. The Labute approximate surface area is 109 Å². The number of aliphatic hydroxyl groups is 1. The summed E-state index contributed by atoms with van der Waals surface area (Å²) >= 11 is 0. The molecule has 0 radical (unpaired) electrons. The van der Waals surface area contributed by atoms with Crippen molar-refractivity contribution in [3.8, 4) is 0 Å². The molecule has 0 fully saturated rings. The number of hydrogen-bond acceptors (Lipinski definition) is 3. The Hall–Kier alpha value is -2.15. The molecule has 104 valence electrons. The molecule has 0 heterocycles. The molecule has 1 aromatic carbocycles. The molecule has 0 aliphatic carbocycles. The number of rotatable bonds is 5. The van der Waals surface area contributed by atoms with Crippen molar-refractivity contribution in [3.05, 3.63) is 30.1 Å². The molecule has 0 aliphatic heterocycles. The summed E-state index contributed by atoms with van der Waals surface area (Å²) in [7, 11) is 0. The highest BCUT2D eigenvalue weighted by molar-refractivity contribution is 5.94. The number of nitrogens with one attached hydrogen (secondary N) is 1. The smallest absolute Gasteiger partial charge is 0.328 e. The van der Waals surface area contributed by atoms with Gasteiger partial charge in [-0.25, -0.2) is 14.0 Å². The van der Waals surface area contributed by atoms with Crippen LogP contribution in [0, 0.1) is 5.82 Å². The third kappa shape index (κ3) is 3.65. The van der Waals surface area contributed by atoms with E-state index in [0.717, 1.165) is 4.90 Å². The van der Waals surface area contributed by atoms with Crippen molar-refractivity contribution in [2.75, 3.05) is 18.1 Å². The van der Waals surface area contributed by atoms with Crippen LogP contribution in [0.5, 0.6) is 0 Å². The van der Waals surface area contributed by atoms with Crippen molar-refractivity contribution in [3.63, 3.8) is 0 Å². The SMILES string of the molecule is CCN(C(=O)NC(CO)C(=O)O)c1ccccc1F. The van der Waals surface area contributed by atoms with Gasteiger partial charge in [0.05, 0.1) is 12.3 Å². The summed E-state index contributed by atoms with van der Waals surface area (Å²) in [6, 6.07) is 3.45. The molecule has 7 heteroatoms. The van der Waals surface area contributed by atoms with E-state index in [1.54, 1.807) is 13.0 Å². The summed E-state index contributed by atoms with van der Waals surface area (Å²) in [5.74, 6) is -1.95. The van der Waals surface area contributed by atoms with Crippen molar-refractivity contribution in [2.45, 2.75) is 13.0 Å². The third-order valence-electron chi connectivity index (χ3n) is 2.48. The number of amides is 2. The Morgan fingerprint density at radius 3 is 2.53 bits per heavy atom. The molecule has 0 aromatic heterocycles. The maximum atomic E-state index is 13.6. The molecular weight excluding hydrogens is 255 g/mol. The molecule has 1 unspecified atom stereocenters. The van der Waals surface area contributed by atoms with Gasteiger partial charge >= 0.3 is 12.0 Å². The molecule has 0 saturated heterocycles. The number of carbonyl (C=O) groups excluding carboxylic acids is 1. The lowest BCUT2D eigenvalue weighted by Crippen LogP contribution is -2.49. The number of benzene rings is 1. The van der Waals surface area contributed by atoms with Crippen LogP contribution in [0.4, 0.5) is 14.9 Å². The monoisotopic (exact) mass is 270 g/mol. The van der Waals surface area contributed by atoms with Crippen molar-refractivity contribution < 1.29 is 24.2 Å². The predicted octanol–water partition coefficient (Wildman–Crippen LogP) is 0.807. The maximum Gasteiger partial charge on any atom is 0.328 e. The molecule has 1 aromatic rings. The molecular formula is C12H15FN2O4. The highest BCUT2D eigenvalue weighted by Crippen LogP contribution is 2.18. The van der Waals surface area contributed by atoms with Crippen LogP contribution in [0.2, 0.25) is 0 Å². The first-order chi connectivity index (χ1) is 9.01. The van der Waals surface area contributed by atoms with Crippen LogP contribution in [-0.2, 0) is 4.79 Å². The Morgan fingerprint density at radius 2 is 2.05 bits per heavy atom. The number of carboxylic acid groups (broad SMARTS) is 1. The first kappa shape index (κ1) is 14.9. The minimum Gasteiger partial charge on any atom is -0.480 e. The summed E-state index contributed by atoms with van der Waals surface area (Å²) < 4.78 is 13.6. The van der Waals surface area contributed by atoms with E-state index >= 15 is 0 Å². The van der Waals surface area contributed by atoms with Crippen LogP contribution in [0.1, 0.15) is 6.92 Å². The fraction of sp³-hybridized carbons (Fsp3) is 0.333. The van der Waals surface area contributed by atoms with E-state index in [0.29, 0.717) is 0 Å². The van der Waals surface area contributed by atoms with Gasteiger partial charge in [0.15, 0.2) is 6.04 Å². The van der Waals surface area contributed by atoms with Crippen LogP contribution in [0.3, 0.4) is 0 Å². The number of carbonyl (C=O) groups is 2. The number of para-hydroxylation sites is 1. The number of aliphatic carboxylic acids is 1. The first-order valence-electron chi connectivity index (χ1n) is 5.67. The van der Waals surface area contributed by atoms with Crippen molar-refractivity contribution >= 4 is 17.7 Å². The zero-order chi connectivity index (χ0) is 14.4. The zero-order valence-electron chi connectivity index (χ0n) is 10.3. The number of urea groups is 1. The van der Waals surface area contributed by atoms with Crippen molar-refractivity contribution in [2.24, 2.45) is 0 Å². The summed E-state index contributed by atoms with van der Waals surface area (Å²) in [5, 5.41) is 19.7. The average Bonchev–Trinajstić information content (AvgIpc) is 2.38. The Bertz CT molecular complexity index is 467. The first-order valence-corrected chi connectivity index (χ1v) is 5.67. The van der Waals surface area contributed by atoms with Crippen LogP contribution < -0.4 is 10.2 Å². The van der Waals surface area contributed by atoms with Gasteiger partial charge in [-0.05, 0) is 19.1 Å². The Balaban J connectivity index is 2.89. The van der Waals surface area contributed by atoms with E-state index in [9.17, 15) is 14.0 Å². The van der Waals surface area contributed by atoms with Crippen LogP contribution in [0.25, 0.3) is 0 Å². The van der Waals surface area contributed by atoms with E-state index in [1.165, 1.54) is 18.2 Å². The molecule has 6 nitrogen and oxygen atoms in total. The second-order valence-electron chi connectivity index (χ2n) is 3.72. The maximum absolute atomic E-state index is 13.6. The van der Waals surface area contributed by atoms with Gasteiger partial charge in [-0.3, -0.25) is 4.90 Å². The lowest BCUT2D eigenvalue weighted by Gasteiger charge is -2.23. The Kier molecular flexibility index (Phi) is 5.25. The number of anilines is 1. The van der Waals surface area contributed by atoms with Gasteiger partial charge in [0.25, 0.3) is 0 Å². The molecule has 2 amide bonds. The normalized spacial score (nSPS) is 11.7. The van der Waals surface area contributed by atoms with Gasteiger partial charge in [-0.15, -0.1) is 0 Å². The van der Waals surface area contributed by atoms with E-state index in [1.807, 2.05) is 0 Å². The molecule has 0 saturated carbocycles. The van der Waals surface area contributed by atoms with Gasteiger partial charge in [-0.1, -0.05) is 12.1 Å². The third-order valence-corrected chi connectivity index (χ3v) is 2.48. The standard InChI is InChI=1S/C12H15FN2O4/c1-2-15(10-6-4-3-5-8(10)13)12(19)14-9(7-16)11(17)18/h3-6,9,16H,2,7H2,1H3,(H,14,19)(H,17,18). The van der Waals surface area contributed by atoms with Gasteiger partial charge in [-0.2, -0.15) is 0 Å². The van der Waals surface area contributed by atoms with Gasteiger partial charge in [0.2, 0.25) is 0 Å². The summed E-state index contributed by atoms with van der Waals surface area (Å²) in [5.41, 5.74) is 0.0459. The van der Waals surface area contributed by atoms with Crippen LogP contribution in [-0.4, -0.2) is 41.4 Å². The molecule has 19 heavy (non-hydrogen) atoms. The molecule has 1 rings (SSSR count).